The van der Waals surface area contributed by atoms with Gasteiger partial charge in [-0.1, -0.05) is 6.42 Å². The van der Waals surface area contributed by atoms with E-state index in [-0.39, 0.29) is 5.82 Å². The summed E-state index contributed by atoms with van der Waals surface area (Å²) in [4.78, 5) is 3.84. The molecule has 3 unspecified atom stereocenters. The fourth-order valence-electron chi connectivity index (χ4n) is 3.75. The van der Waals surface area contributed by atoms with Gasteiger partial charge in [0.05, 0.1) is 0 Å². The fraction of sp³-hybridized carbons (Fsp3) is 0.467. The van der Waals surface area contributed by atoms with Crippen molar-refractivity contribution in [2.24, 2.45) is 11.8 Å². The summed E-state index contributed by atoms with van der Waals surface area (Å²) in [6.07, 6.45) is 8.18. The first-order valence-electron chi connectivity index (χ1n) is 7.20. The molecule has 1 aromatic heterocycles. The van der Waals surface area contributed by atoms with Gasteiger partial charge in [0.2, 0.25) is 0 Å². The van der Waals surface area contributed by atoms with Gasteiger partial charge in [-0.3, -0.25) is 0 Å². The van der Waals surface area contributed by atoms with Gasteiger partial charge in [-0.25, -0.2) is 14.1 Å². The van der Waals surface area contributed by atoms with Crippen LogP contribution in [0, 0.1) is 17.7 Å². The number of hydrogen-bond donors (Lipinski definition) is 1. The van der Waals surface area contributed by atoms with Crippen molar-refractivity contribution in [1.29, 1.82) is 0 Å². The Balaban J connectivity index is 1.54. The van der Waals surface area contributed by atoms with Crippen LogP contribution >= 0.6 is 0 Å². The van der Waals surface area contributed by atoms with E-state index >= 15 is 0 Å². The largest absolute Gasteiger partial charge is 0.382 e. The third kappa shape index (κ3) is 1.97. The average Bonchev–Trinajstić information content (AvgIpc) is 3.16. The topological polar surface area (TPSA) is 42.7 Å². The number of benzene rings is 1. The van der Waals surface area contributed by atoms with Crippen molar-refractivity contribution in [2.45, 2.75) is 31.7 Å². The van der Waals surface area contributed by atoms with Gasteiger partial charge in [-0.15, -0.1) is 0 Å². The Kier molecular flexibility index (Phi) is 2.72. The van der Waals surface area contributed by atoms with Gasteiger partial charge in [0.15, 0.2) is 5.82 Å². The third-order valence-electron chi connectivity index (χ3n) is 4.70. The number of hydrogen-bond acceptors (Lipinski definition) is 3. The maximum absolute atomic E-state index is 14.1. The molecule has 2 fully saturated rings. The van der Waals surface area contributed by atoms with Crippen LogP contribution in [0.3, 0.4) is 0 Å². The first kappa shape index (κ1) is 11.9. The summed E-state index contributed by atoms with van der Waals surface area (Å²) in [5.41, 5.74) is 1.30. The second-order valence-corrected chi connectivity index (χ2v) is 5.93. The lowest BCUT2D eigenvalue weighted by molar-refractivity contribution is 0.439. The molecular formula is C15H17FN4. The molecule has 0 amide bonds. The van der Waals surface area contributed by atoms with E-state index in [1.165, 1.54) is 43.0 Å². The zero-order valence-corrected chi connectivity index (χ0v) is 11.2. The van der Waals surface area contributed by atoms with Crippen molar-refractivity contribution < 1.29 is 4.39 Å². The minimum Gasteiger partial charge on any atom is -0.382 e. The molecule has 20 heavy (non-hydrogen) atoms. The molecule has 0 radical (unpaired) electrons. The Bertz CT molecular complexity index is 610. The Labute approximate surface area is 117 Å². The van der Waals surface area contributed by atoms with E-state index in [1.54, 1.807) is 12.1 Å². The number of rotatable bonds is 3. The predicted molar refractivity (Wildman–Crippen MR) is 74.2 cm³/mol. The van der Waals surface area contributed by atoms with Crippen LogP contribution in [0.25, 0.3) is 5.69 Å². The number of nitrogens with zero attached hydrogens (tertiary/aromatic N) is 3. The molecule has 3 atom stereocenters. The molecule has 0 saturated heterocycles. The molecule has 1 N–H and O–H groups in total. The van der Waals surface area contributed by atoms with Crippen LogP contribution in [-0.4, -0.2) is 20.8 Å². The standard InChI is InChI=1S/C15H17FN4/c16-13-7-12(3-4-15(13)20-9-17-8-18-20)19-14-6-10-1-2-11(14)5-10/h3-4,7-11,14,19H,1-2,5-6H2. The summed E-state index contributed by atoms with van der Waals surface area (Å²) in [6, 6.07) is 5.75. The van der Waals surface area contributed by atoms with E-state index in [2.05, 4.69) is 15.4 Å². The van der Waals surface area contributed by atoms with Crippen molar-refractivity contribution in [3.05, 3.63) is 36.7 Å². The number of fused-ring (bicyclic) bond motifs is 2. The maximum Gasteiger partial charge on any atom is 0.150 e. The zero-order chi connectivity index (χ0) is 13.5. The highest BCUT2D eigenvalue weighted by molar-refractivity contribution is 5.50. The van der Waals surface area contributed by atoms with Crippen LogP contribution in [0.1, 0.15) is 25.7 Å². The molecule has 1 heterocycles. The van der Waals surface area contributed by atoms with Gasteiger partial charge in [-0.2, -0.15) is 5.10 Å². The number of anilines is 1. The van der Waals surface area contributed by atoms with E-state index in [1.807, 2.05) is 6.07 Å². The van der Waals surface area contributed by atoms with Gasteiger partial charge in [-0.05, 0) is 49.3 Å². The smallest absolute Gasteiger partial charge is 0.150 e. The molecule has 0 aliphatic heterocycles. The molecule has 4 rings (SSSR count). The highest BCUT2D eigenvalue weighted by atomic mass is 19.1. The van der Waals surface area contributed by atoms with Crippen LogP contribution in [0.2, 0.25) is 0 Å². The highest BCUT2D eigenvalue weighted by Gasteiger charge is 2.39. The first-order valence-corrected chi connectivity index (χ1v) is 7.20. The van der Waals surface area contributed by atoms with Crippen LogP contribution in [0.15, 0.2) is 30.9 Å². The Hall–Kier alpha value is -1.91. The van der Waals surface area contributed by atoms with Gasteiger partial charge in [0.25, 0.3) is 0 Å². The fourth-order valence-corrected chi connectivity index (χ4v) is 3.75. The van der Waals surface area contributed by atoms with Crippen LogP contribution in [0.5, 0.6) is 0 Å². The summed E-state index contributed by atoms with van der Waals surface area (Å²) in [5.74, 6) is 1.39. The summed E-state index contributed by atoms with van der Waals surface area (Å²) < 4.78 is 15.6. The molecule has 5 heteroatoms. The molecule has 2 aliphatic carbocycles. The normalized spacial score (nSPS) is 27.9. The molecule has 1 aromatic carbocycles. The third-order valence-corrected chi connectivity index (χ3v) is 4.70. The Morgan fingerprint density at radius 2 is 2.20 bits per heavy atom. The van der Waals surface area contributed by atoms with Crippen molar-refractivity contribution in [3.8, 4) is 5.69 Å². The Morgan fingerprint density at radius 3 is 2.85 bits per heavy atom. The average molecular weight is 272 g/mol. The lowest BCUT2D eigenvalue weighted by Crippen LogP contribution is -2.25. The van der Waals surface area contributed by atoms with E-state index in [0.717, 1.165) is 17.5 Å². The highest BCUT2D eigenvalue weighted by Crippen LogP contribution is 2.45. The van der Waals surface area contributed by atoms with Crippen molar-refractivity contribution in [3.63, 3.8) is 0 Å². The van der Waals surface area contributed by atoms with Gasteiger partial charge in [0, 0.05) is 11.7 Å². The van der Waals surface area contributed by atoms with Crippen molar-refractivity contribution in [1.82, 2.24) is 14.8 Å². The van der Waals surface area contributed by atoms with Gasteiger partial charge < -0.3 is 5.32 Å². The zero-order valence-electron chi connectivity index (χ0n) is 11.2. The van der Waals surface area contributed by atoms with Crippen LogP contribution in [-0.2, 0) is 0 Å². The van der Waals surface area contributed by atoms with Crippen molar-refractivity contribution >= 4 is 5.69 Å². The summed E-state index contributed by atoms with van der Waals surface area (Å²) in [5, 5.41) is 7.46. The van der Waals surface area contributed by atoms with Gasteiger partial charge >= 0.3 is 0 Å². The molecular weight excluding hydrogens is 255 g/mol. The predicted octanol–water partition coefficient (Wildman–Crippen LogP) is 3.01. The van der Waals surface area contributed by atoms with Crippen LogP contribution < -0.4 is 5.32 Å². The molecule has 2 aromatic rings. The molecule has 0 spiro atoms. The van der Waals surface area contributed by atoms with Crippen LogP contribution in [0.4, 0.5) is 10.1 Å². The monoisotopic (exact) mass is 272 g/mol. The number of nitrogens with one attached hydrogen (secondary N) is 1. The second-order valence-electron chi connectivity index (χ2n) is 5.93. The first-order chi connectivity index (χ1) is 9.79. The molecule has 4 nitrogen and oxygen atoms in total. The molecule has 2 saturated carbocycles. The minimum absolute atomic E-state index is 0.274. The van der Waals surface area contributed by atoms with E-state index in [4.69, 9.17) is 0 Å². The number of aromatic nitrogens is 3. The summed E-state index contributed by atoms with van der Waals surface area (Å²) >= 11 is 0. The van der Waals surface area contributed by atoms with E-state index in [0.29, 0.717) is 11.7 Å². The number of halogens is 1. The Morgan fingerprint density at radius 1 is 1.25 bits per heavy atom. The maximum atomic E-state index is 14.1. The molecule has 104 valence electrons. The lowest BCUT2D eigenvalue weighted by Gasteiger charge is -2.24. The molecule has 2 bridgehead atoms. The lowest BCUT2D eigenvalue weighted by atomic mass is 9.95. The summed E-state index contributed by atoms with van der Waals surface area (Å²) in [7, 11) is 0. The SMILES string of the molecule is Fc1cc(NC2CC3CCC2C3)ccc1-n1cncn1. The quantitative estimate of drug-likeness (QED) is 0.934. The second kappa shape index (κ2) is 4.58. The van der Waals surface area contributed by atoms with Crippen molar-refractivity contribution in [2.75, 3.05) is 5.32 Å². The minimum atomic E-state index is -0.274. The van der Waals surface area contributed by atoms with E-state index in [9.17, 15) is 4.39 Å². The van der Waals surface area contributed by atoms with E-state index < -0.39 is 0 Å². The summed E-state index contributed by atoms with van der Waals surface area (Å²) in [6.45, 7) is 0. The van der Waals surface area contributed by atoms with Gasteiger partial charge in [0.1, 0.15) is 18.3 Å². The molecule has 2 aliphatic rings.